The van der Waals surface area contributed by atoms with Gasteiger partial charge in [0.1, 0.15) is 0 Å². The first kappa shape index (κ1) is 16.2. The van der Waals surface area contributed by atoms with Crippen molar-refractivity contribution in [3.63, 3.8) is 0 Å². The van der Waals surface area contributed by atoms with Gasteiger partial charge in [-0.05, 0) is 46.0 Å². The summed E-state index contributed by atoms with van der Waals surface area (Å²) in [6, 6.07) is 0. The highest BCUT2D eigenvalue weighted by Gasteiger charge is 2.37. The van der Waals surface area contributed by atoms with E-state index in [1.165, 1.54) is 5.57 Å². The largest absolute Gasteiger partial charge is 0.466 e. The van der Waals surface area contributed by atoms with Crippen LogP contribution in [0.1, 0.15) is 52.4 Å². The lowest BCUT2D eigenvalue weighted by Gasteiger charge is -2.29. The van der Waals surface area contributed by atoms with Crippen LogP contribution in [0.2, 0.25) is 0 Å². The Bertz CT molecular complexity index is 301. The molecule has 1 aliphatic rings. The third-order valence-electron chi connectivity index (χ3n) is 3.76. The standard InChI is InChI=1S/C15H26O4/c1-4-17-14(16)9-7-11-15(12-19-18-5-2)10-6-8-13(15)3/h3-12H2,1-2H3. The average Bonchev–Trinajstić information content (AvgIpc) is 2.72. The predicted octanol–water partition coefficient (Wildman–Crippen LogP) is 3.41. The second-order valence-electron chi connectivity index (χ2n) is 5.06. The van der Waals surface area contributed by atoms with Crippen molar-refractivity contribution < 1.29 is 19.3 Å². The van der Waals surface area contributed by atoms with E-state index in [1.807, 2.05) is 13.8 Å². The fraction of sp³-hybridized carbons (Fsp3) is 0.800. The van der Waals surface area contributed by atoms with Gasteiger partial charge < -0.3 is 4.74 Å². The summed E-state index contributed by atoms with van der Waals surface area (Å²) < 4.78 is 4.95. The Kier molecular flexibility index (Phi) is 7.10. The molecule has 1 atom stereocenters. The predicted molar refractivity (Wildman–Crippen MR) is 73.5 cm³/mol. The molecular weight excluding hydrogens is 244 g/mol. The summed E-state index contributed by atoms with van der Waals surface area (Å²) >= 11 is 0. The van der Waals surface area contributed by atoms with Gasteiger partial charge in [-0.3, -0.25) is 4.79 Å². The van der Waals surface area contributed by atoms with Crippen molar-refractivity contribution in [2.24, 2.45) is 5.41 Å². The van der Waals surface area contributed by atoms with E-state index in [-0.39, 0.29) is 11.4 Å². The maximum Gasteiger partial charge on any atom is 0.305 e. The molecule has 1 fully saturated rings. The minimum atomic E-state index is -0.119. The van der Waals surface area contributed by atoms with Crippen molar-refractivity contribution in [2.45, 2.75) is 52.4 Å². The van der Waals surface area contributed by atoms with Gasteiger partial charge >= 0.3 is 5.97 Å². The van der Waals surface area contributed by atoms with E-state index < -0.39 is 0 Å². The molecule has 0 aliphatic heterocycles. The molecule has 0 aromatic carbocycles. The van der Waals surface area contributed by atoms with Gasteiger partial charge in [-0.1, -0.05) is 12.2 Å². The maximum atomic E-state index is 11.4. The summed E-state index contributed by atoms with van der Waals surface area (Å²) in [6.07, 6.45) is 5.47. The molecule has 0 amide bonds. The molecule has 0 aromatic rings. The molecule has 1 saturated carbocycles. The van der Waals surface area contributed by atoms with Gasteiger partial charge in [0.15, 0.2) is 0 Å². The molecule has 0 aromatic heterocycles. The Morgan fingerprint density at radius 1 is 1.32 bits per heavy atom. The Hall–Kier alpha value is -0.870. The first-order chi connectivity index (χ1) is 9.14. The van der Waals surface area contributed by atoms with Crippen molar-refractivity contribution in [1.82, 2.24) is 0 Å². The normalized spacial score (nSPS) is 22.7. The van der Waals surface area contributed by atoms with Crippen LogP contribution in [-0.2, 0) is 19.3 Å². The van der Waals surface area contributed by atoms with Crippen molar-refractivity contribution in [3.8, 4) is 0 Å². The van der Waals surface area contributed by atoms with Crippen LogP contribution >= 0.6 is 0 Å². The molecule has 1 aliphatic carbocycles. The summed E-state index contributed by atoms with van der Waals surface area (Å²) in [5.41, 5.74) is 1.22. The van der Waals surface area contributed by atoms with Gasteiger partial charge in [0.25, 0.3) is 0 Å². The summed E-state index contributed by atoms with van der Waals surface area (Å²) in [7, 11) is 0. The second-order valence-corrected chi connectivity index (χ2v) is 5.06. The lowest BCUT2D eigenvalue weighted by atomic mass is 9.79. The summed E-state index contributed by atoms with van der Waals surface area (Å²) in [5.74, 6) is -0.119. The van der Waals surface area contributed by atoms with Gasteiger partial charge in [-0.15, -0.1) is 0 Å². The van der Waals surface area contributed by atoms with E-state index in [0.29, 0.717) is 26.2 Å². The molecule has 4 heteroatoms. The van der Waals surface area contributed by atoms with Gasteiger partial charge in [-0.2, -0.15) is 0 Å². The van der Waals surface area contributed by atoms with E-state index in [9.17, 15) is 4.79 Å². The number of hydrogen-bond donors (Lipinski definition) is 0. The van der Waals surface area contributed by atoms with Crippen LogP contribution < -0.4 is 0 Å². The monoisotopic (exact) mass is 270 g/mol. The third kappa shape index (κ3) is 4.96. The molecule has 19 heavy (non-hydrogen) atoms. The molecule has 1 unspecified atom stereocenters. The fourth-order valence-corrected chi connectivity index (χ4v) is 2.67. The van der Waals surface area contributed by atoms with E-state index in [4.69, 9.17) is 14.5 Å². The van der Waals surface area contributed by atoms with Gasteiger partial charge in [-0.25, -0.2) is 9.78 Å². The molecule has 1 rings (SSSR count). The van der Waals surface area contributed by atoms with Crippen LogP contribution in [0, 0.1) is 5.41 Å². The number of rotatable bonds is 9. The molecule has 4 nitrogen and oxygen atoms in total. The molecule has 110 valence electrons. The Balaban J connectivity index is 2.42. The average molecular weight is 270 g/mol. The first-order valence-corrected chi connectivity index (χ1v) is 7.23. The van der Waals surface area contributed by atoms with Crippen molar-refractivity contribution in [1.29, 1.82) is 0 Å². The van der Waals surface area contributed by atoms with Gasteiger partial charge in [0, 0.05) is 11.8 Å². The smallest absolute Gasteiger partial charge is 0.305 e. The zero-order valence-electron chi connectivity index (χ0n) is 12.2. The molecule has 0 saturated heterocycles. The van der Waals surface area contributed by atoms with Crippen LogP contribution in [0.15, 0.2) is 12.2 Å². The van der Waals surface area contributed by atoms with Gasteiger partial charge in [0.2, 0.25) is 0 Å². The molecule has 0 radical (unpaired) electrons. The van der Waals surface area contributed by atoms with Crippen molar-refractivity contribution >= 4 is 5.97 Å². The van der Waals surface area contributed by atoms with Crippen LogP contribution in [0.25, 0.3) is 0 Å². The van der Waals surface area contributed by atoms with Gasteiger partial charge in [0.05, 0.1) is 19.8 Å². The number of hydrogen-bond acceptors (Lipinski definition) is 4. The van der Waals surface area contributed by atoms with Crippen molar-refractivity contribution in [3.05, 3.63) is 12.2 Å². The van der Waals surface area contributed by atoms with E-state index in [2.05, 4.69) is 6.58 Å². The molecule has 0 spiro atoms. The lowest BCUT2D eigenvalue weighted by molar-refractivity contribution is -0.304. The number of ether oxygens (including phenoxy) is 1. The lowest BCUT2D eigenvalue weighted by Crippen LogP contribution is -2.26. The van der Waals surface area contributed by atoms with E-state index in [0.717, 1.165) is 32.1 Å². The summed E-state index contributed by atoms with van der Waals surface area (Å²) in [6.45, 7) is 9.44. The topological polar surface area (TPSA) is 44.8 Å². The minimum absolute atomic E-state index is 0.0122. The first-order valence-electron chi connectivity index (χ1n) is 7.23. The zero-order valence-corrected chi connectivity index (χ0v) is 12.2. The minimum Gasteiger partial charge on any atom is -0.466 e. The SMILES string of the molecule is C=C1CCCC1(CCCC(=O)OCC)COOCC. The Morgan fingerprint density at radius 3 is 2.68 bits per heavy atom. The van der Waals surface area contributed by atoms with E-state index >= 15 is 0 Å². The zero-order chi connectivity index (χ0) is 14.1. The fourth-order valence-electron chi connectivity index (χ4n) is 2.67. The molecular formula is C15H26O4. The highest BCUT2D eigenvalue weighted by molar-refractivity contribution is 5.69. The van der Waals surface area contributed by atoms with Crippen molar-refractivity contribution in [2.75, 3.05) is 19.8 Å². The molecule has 0 N–H and O–H groups in total. The Morgan fingerprint density at radius 2 is 2.11 bits per heavy atom. The van der Waals surface area contributed by atoms with E-state index in [1.54, 1.807) is 0 Å². The summed E-state index contributed by atoms with van der Waals surface area (Å²) in [5, 5.41) is 0. The Labute approximate surface area is 116 Å². The quantitative estimate of drug-likeness (QED) is 0.212. The van der Waals surface area contributed by atoms with Crippen LogP contribution in [0.3, 0.4) is 0 Å². The summed E-state index contributed by atoms with van der Waals surface area (Å²) in [4.78, 5) is 21.6. The van der Waals surface area contributed by atoms with Crippen LogP contribution in [-0.4, -0.2) is 25.8 Å². The number of carbonyl (C=O) groups is 1. The second kappa shape index (κ2) is 8.33. The molecule has 0 heterocycles. The highest BCUT2D eigenvalue weighted by Crippen LogP contribution is 2.46. The number of esters is 1. The van der Waals surface area contributed by atoms with Crippen LogP contribution in [0.5, 0.6) is 0 Å². The maximum absolute atomic E-state index is 11.4. The highest BCUT2D eigenvalue weighted by atomic mass is 17.2. The van der Waals surface area contributed by atoms with Crippen LogP contribution in [0.4, 0.5) is 0 Å². The third-order valence-corrected chi connectivity index (χ3v) is 3.76. The number of carbonyl (C=O) groups excluding carboxylic acids is 1. The molecule has 0 bridgehead atoms.